The van der Waals surface area contributed by atoms with E-state index >= 15 is 0 Å². The number of carbonyl (C=O) groups excluding carboxylic acids is 1. The van der Waals surface area contributed by atoms with E-state index in [-0.39, 0.29) is 5.91 Å². The predicted octanol–water partition coefficient (Wildman–Crippen LogP) is 3.18. The summed E-state index contributed by atoms with van der Waals surface area (Å²) >= 11 is 0. The van der Waals surface area contributed by atoms with Crippen molar-refractivity contribution < 1.29 is 14.7 Å². The molecule has 1 aliphatic carbocycles. The van der Waals surface area contributed by atoms with Crippen molar-refractivity contribution in [2.75, 3.05) is 11.4 Å². The van der Waals surface area contributed by atoms with Gasteiger partial charge in [0.2, 0.25) is 5.91 Å². The highest BCUT2D eigenvalue weighted by Gasteiger charge is 2.66. The lowest BCUT2D eigenvalue weighted by atomic mass is 10.1. The van der Waals surface area contributed by atoms with Gasteiger partial charge in [0.05, 0.1) is 11.8 Å². The molecule has 2 atom stereocenters. The lowest BCUT2D eigenvalue weighted by molar-refractivity contribution is -0.140. The number of para-hydroxylation sites is 1. The first kappa shape index (κ1) is 15.5. The number of aliphatic carboxylic acids is 1. The lowest BCUT2D eigenvalue weighted by Gasteiger charge is -2.23. The van der Waals surface area contributed by atoms with Crippen LogP contribution in [-0.4, -0.2) is 23.5 Å². The van der Waals surface area contributed by atoms with Gasteiger partial charge in [-0.25, -0.2) is 0 Å². The molecular formula is C17H23NO3. The number of hydrogen-bond donors (Lipinski definition) is 1. The molecule has 0 heterocycles. The fourth-order valence-corrected chi connectivity index (χ4v) is 3.02. The number of anilines is 1. The monoisotopic (exact) mass is 289 g/mol. The van der Waals surface area contributed by atoms with Crippen LogP contribution in [0, 0.1) is 17.3 Å². The Morgan fingerprint density at radius 3 is 2.29 bits per heavy atom. The number of hydrogen-bond acceptors (Lipinski definition) is 2. The van der Waals surface area contributed by atoms with Gasteiger partial charge in [0.1, 0.15) is 0 Å². The zero-order valence-corrected chi connectivity index (χ0v) is 12.9. The molecule has 0 aliphatic heterocycles. The van der Waals surface area contributed by atoms with E-state index in [0.29, 0.717) is 6.54 Å². The van der Waals surface area contributed by atoms with Crippen molar-refractivity contribution in [1.82, 2.24) is 0 Å². The smallest absolute Gasteiger partial charge is 0.307 e. The number of carboxylic acid groups (broad SMARTS) is 1. The van der Waals surface area contributed by atoms with E-state index in [9.17, 15) is 14.7 Å². The van der Waals surface area contributed by atoms with Gasteiger partial charge in [-0.3, -0.25) is 9.59 Å². The summed E-state index contributed by atoms with van der Waals surface area (Å²) in [5.41, 5.74) is 0.394. The van der Waals surface area contributed by atoms with Crippen molar-refractivity contribution in [2.45, 2.75) is 33.6 Å². The van der Waals surface area contributed by atoms with Crippen molar-refractivity contribution in [1.29, 1.82) is 0 Å². The topological polar surface area (TPSA) is 57.6 Å². The predicted molar refractivity (Wildman–Crippen MR) is 82.1 cm³/mol. The minimum Gasteiger partial charge on any atom is -0.481 e. The summed E-state index contributed by atoms with van der Waals surface area (Å²) in [5, 5.41) is 9.27. The molecule has 1 amide bonds. The molecule has 4 nitrogen and oxygen atoms in total. The molecular weight excluding hydrogens is 266 g/mol. The second kappa shape index (κ2) is 5.88. The second-order valence-corrected chi connectivity index (χ2v) is 6.29. The normalized spacial score (nSPS) is 22.6. The van der Waals surface area contributed by atoms with Crippen LogP contribution in [0.5, 0.6) is 0 Å². The van der Waals surface area contributed by atoms with Gasteiger partial charge >= 0.3 is 5.97 Å². The van der Waals surface area contributed by atoms with Gasteiger partial charge in [-0.05, 0) is 24.0 Å². The van der Waals surface area contributed by atoms with E-state index in [1.807, 2.05) is 44.2 Å². The Bertz CT molecular complexity index is 524. The quantitative estimate of drug-likeness (QED) is 0.875. The third-order valence-corrected chi connectivity index (χ3v) is 4.43. The third-order valence-electron chi connectivity index (χ3n) is 4.43. The SMILES string of the molecule is CCCCN(C(=O)[C@H]1[C@@H](C(=O)O)C1(C)C)c1ccccc1. The Morgan fingerprint density at radius 2 is 1.81 bits per heavy atom. The summed E-state index contributed by atoms with van der Waals surface area (Å²) in [7, 11) is 0. The van der Waals surface area contributed by atoms with Crippen molar-refractivity contribution in [3.05, 3.63) is 30.3 Å². The van der Waals surface area contributed by atoms with Crippen LogP contribution in [-0.2, 0) is 9.59 Å². The average molecular weight is 289 g/mol. The molecule has 21 heavy (non-hydrogen) atoms. The molecule has 1 aromatic carbocycles. The summed E-state index contributed by atoms with van der Waals surface area (Å²) in [6.07, 6.45) is 1.90. The minimum absolute atomic E-state index is 0.0629. The highest BCUT2D eigenvalue weighted by Crippen LogP contribution is 2.59. The summed E-state index contributed by atoms with van der Waals surface area (Å²) in [6, 6.07) is 9.51. The lowest BCUT2D eigenvalue weighted by Crippen LogP contribution is -2.34. The fourth-order valence-electron chi connectivity index (χ4n) is 3.02. The van der Waals surface area contributed by atoms with Crippen molar-refractivity contribution in [2.24, 2.45) is 17.3 Å². The highest BCUT2D eigenvalue weighted by atomic mass is 16.4. The molecule has 4 heteroatoms. The Hall–Kier alpha value is -1.84. The largest absolute Gasteiger partial charge is 0.481 e. The van der Waals surface area contributed by atoms with Crippen LogP contribution in [0.3, 0.4) is 0 Å². The van der Waals surface area contributed by atoms with Crippen molar-refractivity contribution in [3.8, 4) is 0 Å². The molecule has 1 aliphatic rings. The Kier molecular flexibility index (Phi) is 4.35. The number of carboxylic acids is 1. The van der Waals surface area contributed by atoms with E-state index < -0.39 is 23.2 Å². The van der Waals surface area contributed by atoms with Gasteiger partial charge in [0, 0.05) is 12.2 Å². The molecule has 2 rings (SSSR count). The number of amides is 1. The molecule has 1 N–H and O–H groups in total. The second-order valence-electron chi connectivity index (χ2n) is 6.29. The number of rotatable bonds is 6. The zero-order chi connectivity index (χ0) is 15.6. The Balaban J connectivity index is 2.22. The van der Waals surface area contributed by atoms with Crippen LogP contribution in [0.25, 0.3) is 0 Å². The van der Waals surface area contributed by atoms with E-state index in [2.05, 4.69) is 6.92 Å². The maximum atomic E-state index is 12.8. The van der Waals surface area contributed by atoms with E-state index in [4.69, 9.17) is 0 Å². The molecule has 0 radical (unpaired) electrons. The standard InChI is InChI=1S/C17H23NO3/c1-4-5-11-18(12-9-7-6-8-10-12)15(19)13-14(16(20)21)17(13,2)3/h6-10,13-14H,4-5,11H2,1-3H3,(H,20,21)/t13-,14+/m1/s1. The number of nitrogens with zero attached hydrogens (tertiary/aromatic N) is 1. The first-order valence-corrected chi connectivity index (χ1v) is 7.50. The molecule has 1 fully saturated rings. The van der Waals surface area contributed by atoms with Crippen LogP contribution in [0.1, 0.15) is 33.6 Å². The van der Waals surface area contributed by atoms with Gasteiger partial charge in [-0.2, -0.15) is 0 Å². The molecule has 114 valence electrons. The molecule has 1 aromatic rings. The van der Waals surface area contributed by atoms with E-state index in [1.165, 1.54) is 0 Å². The van der Waals surface area contributed by atoms with Crippen LogP contribution in [0.15, 0.2) is 30.3 Å². The van der Waals surface area contributed by atoms with Gasteiger partial charge in [-0.15, -0.1) is 0 Å². The Morgan fingerprint density at radius 1 is 1.19 bits per heavy atom. The van der Waals surface area contributed by atoms with Gasteiger partial charge in [0.15, 0.2) is 0 Å². The summed E-state index contributed by atoms with van der Waals surface area (Å²) in [5.74, 6) is -1.93. The molecule has 1 saturated carbocycles. The first-order valence-electron chi connectivity index (χ1n) is 7.50. The molecule has 0 unspecified atom stereocenters. The summed E-state index contributed by atoms with van der Waals surface area (Å²) in [4.78, 5) is 25.8. The fraction of sp³-hybridized carbons (Fsp3) is 0.529. The molecule has 0 saturated heterocycles. The summed E-state index contributed by atoms with van der Waals surface area (Å²) < 4.78 is 0. The maximum Gasteiger partial charge on any atom is 0.307 e. The van der Waals surface area contributed by atoms with E-state index in [1.54, 1.807) is 4.90 Å². The summed E-state index contributed by atoms with van der Waals surface area (Å²) in [6.45, 7) is 6.43. The van der Waals surface area contributed by atoms with Crippen LogP contribution >= 0.6 is 0 Å². The Labute approximate surface area is 125 Å². The molecule has 0 spiro atoms. The van der Waals surface area contributed by atoms with Crippen molar-refractivity contribution in [3.63, 3.8) is 0 Å². The van der Waals surface area contributed by atoms with Gasteiger partial charge < -0.3 is 10.0 Å². The highest BCUT2D eigenvalue weighted by molar-refractivity contribution is 6.01. The number of benzene rings is 1. The number of carbonyl (C=O) groups is 2. The number of unbranched alkanes of at least 4 members (excludes halogenated alkanes) is 1. The first-order chi connectivity index (χ1) is 9.91. The maximum absolute atomic E-state index is 12.8. The minimum atomic E-state index is -0.873. The third kappa shape index (κ3) is 2.94. The van der Waals surface area contributed by atoms with Gasteiger partial charge in [-0.1, -0.05) is 45.4 Å². The van der Waals surface area contributed by atoms with Crippen molar-refractivity contribution >= 4 is 17.6 Å². The van der Waals surface area contributed by atoms with Crippen LogP contribution in [0.4, 0.5) is 5.69 Å². The zero-order valence-electron chi connectivity index (χ0n) is 12.9. The van der Waals surface area contributed by atoms with Crippen LogP contribution in [0.2, 0.25) is 0 Å². The molecule has 0 bridgehead atoms. The molecule has 0 aromatic heterocycles. The average Bonchev–Trinajstić information content (AvgIpc) is 3.03. The van der Waals surface area contributed by atoms with Crippen LogP contribution < -0.4 is 4.90 Å². The van der Waals surface area contributed by atoms with E-state index in [0.717, 1.165) is 18.5 Å². The van der Waals surface area contributed by atoms with Gasteiger partial charge in [0.25, 0.3) is 0 Å².